The lowest BCUT2D eigenvalue weighted by Crippen LogP contribution is -2.07. The molecule has 0 aromatic heterocycles. The van der Waals surface area contributed by atoms with Crippen LogP contribution in [-0.2, 0) is 0 Å². The number of nitro benzene ring substituents is 1. The van der Waals surface area contributed by atoms with E-state index >= 15 is 0 Å². The summed E-state index contributed by atoms with van der Waals surface area (Å²) in [6, 6.07) is 5.17. The van der Waals surface area contributed by atoms with Crippen LogP contribution < -0.4 is 5.43 Å². The minimum absolute atomic E-state index is 0.127. The molecule has 10 heteroatoms. The van der Waals surface area contributed by atoms with Crippen LogP contribution in [0.5, 0.6) is 0 Å². The fourth-order valence-electron chi connectivity index (χ4n) is 1.63. The number of nitrogens with one attached hydrogen (secondary N) is 1. The molecule has 1 N–H and O–H groups in total. The van der Waals surface area contributed by atoms with Crippen molar-refractivity contribution in [2.75, 3.05) is 5.43 Å². The Bertz CT molecular complexity index is 781. The van der Waals surface area contributed by atoms with Crippen molar-refractivity contribution in [1.82, 2.24) is 0 Å². The van der Waals surface area contributed by atoms with Crippen LogP contribution in [0.15, 0.2) is 29.4 Å². The summed E-state index contributed by atoms with van der Waals surface area (Å²) >= 11 is 0. The van der Waals surface area contributed by atoms with E-state index in [2.05, 4.69) is 10.5 Å². The van der Waals surface area contributed by atoms with Crippen molar-refractivity contribution < 1.29 is 26.9 Å². The van der Waals surface area contributed by atoms with Crippen molar-refractivity contribution in [1.29, 1.82) is 0 Å². The summed E-state index contributed by atoms with van der Waals surface area (Å²) in [5, 5.41) is 14.0. The lowest BCUT2D eigenvalue weighted by Gasteiger charge is -2.04. The van der Waals surface area contributed by atoms with Gasteiger partial charge in [-0.3, -0.25) is 15.5 Å². The molecule has 120 valence electrons. The van der Waals surface area contributed by atoms with Crippen LogP contribution in [0.1, 0.15) is 5.56 Å². The molecule has 0 fully saturated rings. The molecule has 0 aliphatic heterocycles. The minimum atomic E-state index is -2.29. The van der Waals surface area contributed by atoms with Gasteiger partial charge in [0.1, 0.15) is 5.69 Å². The van der Waals surface area contributed by atoms with Crippen LogP contribution in [0.2, 0.25) is 0 Å². The number of hydrogen-bond acceptors (Lipinski definition) is 4. The molecule has 0 saturated heterocycles. The molecule has 0 atom stereocenters. The number of benzene rings is 2. The summed E-state index contributed by atoms with van der Waals surface area (Å²) in [5.74, 6) is -10.6. The van der Waals surface area contributed by atoms with E-state index in [0.717, 1.165) is 6.07 Å². The maximum Gasteiger partial charge on any atom is 0.294 e. The van der Waals surface area contributed by atoms with E-state index in [1.807, 2.05) is 0 Å². The van der Waals surface area contributed by atoms with E-state index in [1.165, 1.54) is 18.2 Å². The van der Waals surface area contributed by atoms with Crippen LogP contribution in [0.4, 0.5) is 33.3 Å². The van der Waals surface area contributed by atoms with Gasteiger partial charge in [0.05, 0.1) is 16.7 Å². The van der Waals surface area contributed by atoms with Crippen molar-refractivity contribution in [3.63, 3.8) is 0 Å². The number of anilines is 1. The number of nitro groups is 1. The van der Waals surface area contributed by atoms with E-state index in [4.69, 9.17) is 0 Å². The Hall–Kier alpha value is -3.04. The SMILES string of the molecule is O=[N+]([O-])c1ccccc1N/N=C\c1c(F)c(F)c(F)c(F)c1F. The molecule has 0 heterocycles. The number of para-hydroxylation sites is 2. The smallest absolute Gasteiger partial charge is 0.272 e. The Morgan fingerprint density at radius 3 is 2.04 bits per heavy atom. The molecule has 0 radical (unpaired) electrons. The number of nitrogens with zero attached hydrogens (tertiary/aromatic N) is 2. The molecule has 0 unspecified atom stereocenters. The summed E-state index contributed by atoms with van der Waals surface area (Å²) in [5.41, 5.74) is 0.322. The number of hydrogen-bond donors (Lipinski definition) is 1. The maximum absolute atomic E-state index is 13.4. The molecule has 2 aromatic rings. The van der Waals surface area contributed by atoms with Crippen LogP contribution >= 0.6 is 0 Å². The van der Waals surface area contributed by atoms with Gasteiger partial charge in [-0.1, -0.05) is 12.1 Å². The quantitative estimate of drug-likeness (QED) is 0.232. The summed E-state index contributed by atoms with van der Waals surface area (Å²) in [7, 11) is 0. The first kappa shape index (κ1) is 16.3. The molecule has 2 rings (SSSR count). The van der Waals surface area contributed by atoms with Crippen LogP contribution in [0, 0.1) is 39.2 Å². The number of hydrazone groups is 1. The Morgan fingerprint density at radius 2 is 1.48 bits per heavy atom. The number of rotatable bonds is 4. The zero-order valence-corrected chi connectivity index (χ0v) is 11.0. The molecule has 0 amide bonds. The second-order valence-corrected chi connectivity index (χ2v) is 4.13. The zero-order chi connectivity index (χ0) is 17.1. The van der Waals surface area contributed by atoms with Crippen molar-refractivity contribution in [2.45, 2.75) is 0 Å². The predicted octanol–water partition coefficient (Wildman–Crippen LogP) is 3.74. The van der Waals surface area contributed by atoms with Crippen LogP contribution in [0.3, 0.4) is 0 Å². The highest BCUT2D eigenvalue weighted by molar-refractivity contribution is 5.81. The molecule has 0 aliphatic rings. The standard InChI is InChI=1S/C13H6F5N3O2/c14-9-6(10(15)12(17)13(18)11(9)16)5-19-20-7-3-1-2-4-8(7)21(22)23/h1-5,20H/b19-5-. The van der Waals surface area contributed by atoms with Gasteiger partial charge in [0.15, 0.2) is 23.3 Å². The average molecular weight is 331 g/mol. The Labute approximate surface area is 125 Å². The molecule has 0 bridgehead atoms. The first-order valence-electron chi connectivity index (χ1n) is 5.88. The molecular formula is C13H6F5N3O2. The largest absolute Gasteiger partial charge is 0.294 e. The summed E-state index contributed by atoms with van der Waals surface area (Å²) in [6.07, 6.45) is 0.340. The van der Waals surface area contributed by atoms with Crippen LogP contribution in [-0.4, -0.2) is 11.1 Å². The van der Waals surface area contributed by atoms with Gasteiger partial charge in [0.2, 0.25) is 5.82 Å². The van der Waals surface area contributed by atoms with Gasteiger partial charge in [-0.05, 0) is 6.07 Å². The Kier molecular flexibility index (Phi) is 4.53. The van der Waals surface area contributed by atoms with Gasteiger partial charge in [-0.2, -0.15) is 5.10 Å². The van der Waals surface area contributed by atoms with Crippen molar-refractivity contribution in [2.24, 2.45) is 5.10 Å². The third kappa shape index (κ3) is 3.10. The van der Waals surface area contributed by atoms with E-state index in [1.54, 1.807) is 0 Å². The molecule has 23 heavy (non-hydrogen) atoms. The molecule has 0 saturated carbocycles. The first-order valence-corrected chi connectivity index (χ1v) is 5.88. The lowest BCUT2D eigenvalue weighted by molar-refractivity contribution is -0.384. The highest BCUT2D eigenvalue weighted by Gasteiger charge is 2.24. The molecule has 0 aliphatic carbocycles. The molecule has 2 aromatic carbocycles. The van der Waals surface area contributed by atoms with Gasteiger partial charge in [-0.15, -0.1) is 0 Å². The Balaban J connectivity index is 2.35. The number of halogens is 5. The second-order valence-electron chi connectivity index (χ2n) is 4.13. The monoisotopic (exact) mass is 331 g/mol. The highest BCUT2D eigenvalue weighted by atomic mass is 19.2. The maximum atomic E-state index is 13.4. The fourth-order valence-corrected chi connectivity index (χ4v) is 1.63. The van der Waals surface area contributed by atoms with Gasteiger partial charge in [-0.25, -0.2) is 22.0 Å². The van der Waals surface area contributed by atoms with Crippen molar-refractivity contribution >= 4 is 17.6 Å². The summed E-state index contributed by atoms with van der Waals surface area (Å²) < 4.78 is 65.6. The third-order valence-corrected chi connectivity index (χ3v) is 2.72. The topological polar surface area (TPSA) is 67.5 Å². The van der Waals surface area contributed by atoms with E-state index < -0.39 is 39.6 Å². The average Bonchev–Trinajstić information content (AvgIpc) is 2.54. The summed E-state index contributed by atoms with van der Waals surface area (Å²) in [4.78, 5) is 10.0. The second kappa shape index (κ2) is 6.38. The first-order chi connectivity index (χ1) is 10.8. The van der Waals surface area contributed by atoms with Gasteiger partial charge in [0, 0.05) is 6.07 Å². The minimum Gasteiger partial charge on any atom is -0.272 e. The van der Waals surface area contributed by atoms with Gasteiger partial charge in [0.25, 0.3) is 5.69 Å². The van der Waals surface area contributed by atoms with Gasteiger partial charge < -0.3 is 0 Å². The van der Waals surface area contributed by atoms with Crippen molar-refractivity contribution in [3.8, 4) is 0 Å². The lowest BCUT2D eigenvalue weighted by atomic mass is 10.2. The molecule has 5 nitrogen and oxygen atoms in total. The summed E-state index contributed by atoms with van der Waals surface area (Å²) in [6.45, 7) is 0. The Morgan fingerprint density at radius 1 is 0.957 bits per heavy atom. The van der Waals surface area contributed by atoms with E-state index in [0.29, 0.717) is 6.21 Å². The van der Waals surface area contributed by atoms with Crippen molar-refractivity contribution in [3.05, 3.63) is 69.0 Å². The van der Waals surface area contributed by atoms with Crippen LogP contribution in [0.25, 0.3) is 0 Å². The third-order valence-electron chi connectivity index (χ3n) is 2.72. The van der Waals surface area contributed by atoms with E-state index in [9.17, 15) is 32.1 Å². The predicted molar refractivity (Wildman–Crippen MR) is 70.5 cm³/mol. The molecular weight excluding hydrogens is 325 g/mol. The zero-order valence-electron chi connectivity index (χ0n) is 11.0. The van der Waals surface area contributed by atoms with E-state index in [-0.39, 0.29) is 11.4 Å². The van der Waals surface area contributed by atoms with Gasteiger partial charge >= 0.3 is 0 Å². The normalized spacial score (nSPS) is 11.0. The fraction of sp³-hybridized carbons (Fsp3) is 0. The highest BCUT2D eigenvalue weighted by Crippen LogP contribution is 2.24. The molecule has 0 spiro atoms.